The van der Waals surface area contributed by atoms with Crippen LogP contribution in [-0.4, -0.2) is 63.5 Å². The largest absolute Gasteiger partial charge is 0.508 e. The molecule has 1 aliphatic heterocycles. The molecule has 4 N–H and O–H groups in total. The van der Waals surface area contributed by atoms with Crippen LogP contribution in [0.2, 0.25) is 0 Å². The van der Waals surface area contributed by atoms with Crippen molar-refractivity contribution < 1.29 is 30.0 Å². The predicted molar refractivity (Wildman–Crippen MR) is 247 cm³/mol. The first kappa shape index (κ1) is 47.8. The number of rotatable bonds is 20. The molecule has 3 aliphatic rings. The zero-order chi connectivity index (χ0) is 43.6. The fourth-order valence-corrected chi connectivity index (χ4v) is 11.1. The van der Waals surface area contributed by atoms with Gasteiger partial charge in [0.2, 0.25) is 0 Å². The van der Waals surface area contributed by atoms with E-state index in [1.807, 2.05) is 31.2 Å². The Kier molecular flexibility index (Phi) is 17.3. The molecule has 5 unspecified atom stereocenters. The van der Waals surface area contributed by atoms with Crippen molar-refractivity contribution in [3.63, 3.8) is 0 Å². The summed E-state index contributed by atoms with van der Waals surface area (Å²) in [5.41, 5.74) is 5.25. The number of Topliss-reactive ketones (excluding diaryl/α,β-unsaturated/α-hetero) is 1. The van der Waals surface area contributed by atoms with Gasteiger partial charge in [-0.15, -0.1) is 0 Å². The van der Waals surface area contributed by atoms with Crippen molar-refractivity contribution in [1.29, 1.82) is 0 Å². The van der Waals surface area contributed by atoms with Crippen LogP contribution in [0.4, 0.5) is 0 Å². The quantitative estimate of drug-likeness (QED) is 0.0777. The maximum absolute atomic E-state index is 12.4. The second kappa shape index (κ2) is 21.7. The van der Waals surface area contributed by atoms with Crippen molar-refractivity contribution in [2.24, 2.45) is 11.8 Å². The van der Waals surface area contributed by atoms with Crippen LogP contribution >= 0.6 is 0 Å². The van der Waals surface area contributed by atoms with Crippen LogP contribution in [0.3, 0.4) is 0 Å². The second-order valence-corrected chi connectivity index (χ2v) is 20.2. The molecule has 2 aliphatic carbocycles. The van der Waals surface area contributed by atoms with E-state index < -0.39 is 0 Å². The monoisotopic (exact) mass is 828 g/mol. The van der Waals surface area contributed by atoms with Crippen LogP contribution in [0.15, 0.2) is 48.1 Å². The second-order valence-electron chi connectivity index (χ2n) is 20.2. The fourth-order valence-electron chi connectivity index (χ4n) is 11.1. The number of carbonyl (C=O) groups excluding carboxylic acids is 1. The molecular formula is C53H81NO6. The van der Waals surface area contributed by atoms with Gasteiger partial charge in [0.1, 0.15) is 28.8 Å². The molecule has 7 nitrogen and oxygen atoms in total. The number of hydrogen-bond acceptors (Lipinski definition) is 7. The van der Waals surface area contributed by atoms with Crippen molar-refractivity contribution in [2.75, 3.05) is 26.3 Å². The van der Waals surface area contributed by atoms with Gasteiger partial charge in [0.05, 0.1) is 13.2 Å². The Morgan fingerprint density at radius 2 is 1.28 bits per heavy atom. The minimum Gasteiger partial charge on any atom is -0.508 e. The SMILES string of the molecule is C=C(C)C1CCC(=O)CC1c1c(O)cc(C(C)(C)CCCCCCC=C(CC)C2CCC(N3CCOCC3)CC2c2c(O)cc(C(C)(C)CCCCCC)cc2O)cc1O. The van der Waals surface area contributed by atoms with Gasteiger partial charge in [-0.2, -0.15) is 0 Å². The molecule has 5 atom stereocenters. The first-order valence-electron chi connectivity index (χ1n) is 23.9. The number of phenols is 4. The van der Waals surface area contributed by atoms with Gasteiger partial charge in [-0.3, -0.25) is 9.69 Å². The summed E-state index contributed by atoms with van der Waals surface area (Å²) < 4.78 is 5.70. The van der Waals surface area contributed by atoms with Crippen LogP contribution in [0.1, 0.15) is 198 Å². The number of phenolic OH excluding ortho intramolecular Hbond substituents is 4. The highest BCUT2D eigenvalue weighted by atomic mass is 16.5. The van der Waals surface area contributed by atoms with Crippen molar-refractivity contribution in [3.05, 3.63) is 70.3 Å². The molecule has 0 radical (unpaired) electrons. The summed E-state index contributed by atoms with van der Waals surface area (Å²) in [5, 5.41) is 46.0. The van der Waals surface area contributed by atoms with Crippen LogP contribution in [0.5, 0.6) is 23.0 Å². The molecule has 0 spiro atoms. The Bertz CT molecular complexity index is 1720. The Morgan fingerprint density at radius 1 is 0.750 bits per heavy atom. The molecule has 60 heavy (non-hydrogen) atoms. The van der Waals surface area contributed by atoms with Gasteiger partial charge in [0, 0.05) is 49.0 Å². The van der Waals surface area contributed by atoms with Gasteiger partial charge in [0.15, 0.2) is 0 Å². The maximum atomic E-state index is 12.4. The highest BCUT2D eigenvalue weighted by Gasteiger charge is 2.39. The number of aromatic hydroxyl groups is 4. The lowest BCUT2D eigenvalue weighted by molar-refractivity contribution is -0.121. The smallest absolute Gasteiger partial charge is 0.133 e. The van der Waals surface area contributed by atoms with Gasteiger partial charge >= 0.3 is 0 Å². The Balaban J connectivity index is 1.22. The average molecular weight is 828 g/mol. The number of carbonyl (C=O) groups is 1. The first-order valence-corrected chi connectivity index (χ1v) is 23.9. The molecule has 334 valence electrons. The first-order chi connectivity index (χ1) is 28.6. The highest BCUT2D eigenvalue weighted by molar-refractivity contribution is 5.81. The summed E-state index contributed by atoms with van der Waals surface area (Å²) in [6.07, 6.45) is 20.3. The minimum atomic E-state index is -0.243. The molecule has 1 heterocycles. The van der Waals surface area contributed by atoms with Crippen molar-refractivity contribution in [3.8, 4) is 23.0 Å². The zero-order valence-electron chi connectivity index (χ0n) is 38.6. The summed E-state index contributed by atoms with van der Waals surface area (Å²) in [6.45, 7) is 22.9. The number of benzene rings is 2. The molecule has 2 aromatic carbocycles. The maximum Gasteiger partial charge on any atom is 0.133 e. The fraction of sp³-hybridized carbons (Fsp3) is 0.679. The molecule has 2 aromatic rings. The third-order valence-corrected chi connectivity index (χ3v) is 15.0. The molecule has 2 saturated carbocycles. The lowest BCUT2D eigenvalue weighted by Crippen LogP contribution is -2.46. The summed E-state index contributed by atoms with van der Waals surface area (Å²) in [4.78, 5) is 15.0. The van der Waals surface area contributed by atoms with E-state index in [0.29, 0.717) is 30.9 Å². The average Bonchev–Trinajstić information content (AvgIpc) is 3.20. The number of morpholine rings is 1. The number of ether oxygens (including phenoxy) is 1. The van der Waals surface area contributed by atoms with Crippen LogP contribution < -0.4 is 0 Å². The molecule has 5 rings (SSSR count). The van der Waals surface area contributed by atoms with Crippen LogP contribution in [0.25, 0.3) is 0 Å². The van der Waals surface area contributed by atoms with Crippen LogP contribution in [-0.2, 0) is 20.4 Å². The van der Waals surface area contributed by atoms with Gasteiger partial charge in [-0.1, -0.05) is 110 Å². The predicted octanol–water partition coefficient (Wildman–Crippen LogP) is 13.0. The number of allylic oxidation sites excluding steroid dienone is 3. The van der Waals surface area contributed by atoms with Gasteiger partial charge in [0.25, 0.3) is 0 Å². The van der Waals surface area contributed by atoms with E-state index in [0.717, 1.165) is 126 Å². The molecule has 7 heteroatoms. The minimum absolute atomic E-state index is 0.0485. The molecule has 0 amide bonds. The lowest BCUT2D eigenvalue weighted by atomic mass is 9.68. The number of hydrogen-bond donors (Lipinski definition) is 4. The Morgan fingerprint density at radius 3 is 1.82 bits per heavy atom. The van der Waals surface area contributed by atoms with Crippen LogP contribution in [0, 0.1) is 11.8 Å². The highest BCUT2D eigenvalue weighted by Crippen LogP contribution is 2.51. The topological polar surface area (TPSA) is 110 Å². The summed E-state index contributed by atoms with van der Waals surface area (Å²) in [6, 6.07) is 7.95. The third kappa shape index (κ3) is 12.0. The molecule has 3 fully saturated rings. The van der Waals surface area contributed by atoms with E-state index in [9.17, 15) is 25.2 Å². The van der Waals surface area contributed by atoms with Gasteiger partial charge in [-0.25, -0.2) is 0 Å². The van der Waals surface area contributed by atoms with Gasteiger partial charge < -0.3 is 25.2 Å². The number of ketones is 1. The molecule has 0 aromatic heterocycles. The molecule has 1 saturated heterocycles. The zero-order valence-corrected chi connectivity index (χ0v) is 38.6. The van der Waals surface area contributed by atoms with Crippen molar-refractivity contribution in [1.82, 2.24) is 4.90 Å². The lowest BCUT2D eigenvalue weighted by Gasteiger charge is -2.44. The summed E-state index contributed by atoms with van der Waals surface area (Å²) in [7, 11) is 0. The summed E-state index contributed by atoms with van der Waals surface area (Å²) in [5.74, 6) is 0.995. The summed E-state index contributed by atoms with van der Waals surface area (Å²) >= 11 is 0. The van der Waals surface area contributed by atoms with E-state index in [1.165, 1.54) is 24.8 Å². The van der Waals surface area contributed by atoms with Crippen molar-refractivity contribution in [2.45, 2.75) is 193 Å². The van der Waals surface area contributed by atoms with E-state index >= 15 is 0 Å². The number of nitrogens with zero attached hydrogens (tertiary/aromatic N) is 1. The van der Waals surface area contributed by atoms with Crippen molar-refractivity contribution >= 4 is 5.78 Å². The van der Waals surface area contributed by atoms with E-state index in [-0.39, 0.29) is 63.3 Å². The van der Waals surface area contributed by atoms with E-state index in [4.69, 9.17) is 4.74 Å². The Labute approximate surface area is 363 Å². The van der Waals surface area contributed by atoms with E-state index in [2.05, 4.69) is 59.1 Å². The molecule has 0 bridgehead atoms. The standard InChI is InChI=1S/C53H81NO6/c1-9-11-12-17-24-52(5,6)38-30-46(56)50(47(57)31-38)44-34-40(54-26-28-60-29-27-54)20-22-43(44)37(10-2)19-16-14-13-15-18-25-53(7,8)39-32-48(58)51(49(59)33-39)45-35-41(55)21-23-42(45)36(3)4/h19,30-33,40,42-45,56-59H,3,9-18,20-29,34-35H2,1-2,4-8H3. The van der Waals surface area contributed by atoms with Gasteiger partial charge in [-0.05, 0) is 129 Å². The normalized spacial score (nSPS) is 23.6. The Hall–Kier alpha value is -3.29. The number of unbranched alkanes of at least 4 members (excludes halogenated alkanes) is 7. The van der Waals surface area contributed by atoms with E-state index in [1.54, 1.807) is 0 Å². The third-order valence-electron chi connectivity index (χ3n) is 15.0. The molecular weight excluding hydrogens is 747 g/mol.